The van der Waals surface area contributed by atoms with Crippen molar-refractivity contribution in [1.29, 1.82) is 0 Å². The van der Waals surface area contributed by atoms with Crippen molar-refractivity contribution in [3.8, 4) is 0 Å². The van der Waals surface area contributed by atoms with Gasteiger partial charge in [-0.1, -0.05) is 30.3 Å². The summed E-state index contributed by atoms with van der Waals surface area (Å²) in [6.45, 7) is 1.77. The average Bonchev–Trinajstić information content (AvgIpc) is 2.98. The molecule has 2 aliphatic rings. The first-order chi connectivity index (χ1) is 12.2. The fourth-order valence-electron chi connectivity index (χ4n) is 3.69. The zero-order valence-electron chi connectivity index (χ0n) is 13.8. The lowest BCUT2D eigenvalue weighted by Gasteiger charge is -2.44. The monoisotopic (exact) mass is 337 g/mol. The Bertz CT molecular complexity index is 781. The molecule has 2 aliphatic heterocycles. The number of rotatable bonds is 3. The summed E-state index contributed by atoms with van der Waals surface area (Å²) in [6, 6.07) is 13.4. The molecule has 0 radical (unpaired) electrons. The van der Waals surface area contributed by atoms with E-state index in [4.69, 9.17) is 4.74 Å². The van der Waals surface area contributed by atoms with E-state index in [0.717, 1.165) is 5.56 Å². The molecular weight excluding hydrogens is 318 g/mol. The molecule has 2 saturated heterocycles. The van der Waals surface area contributed by atoms with Gasteiger partial charge in [0.1, 0.15) is 12.1 Å². The third kappa shape index (κ3) is 2.84. The summed E-state index contributed by atoms with van der Waals surface area (Å²) in [5, 5.41) is 0. The summed E-state index contributed by atoms with van der Waals surface area (Å²) in [5.41, 5.74) is 1.24. The standard InChI is InChI=1S/C19H19N3O3/c23-17(16-6-8-20-9-7-16)21-10-11-22-18(24)25-14-19(22,13-21)12-15-4-2-1-3-5-15/h1-9H,10-14H2. The van der Waals surface area contributed by atoms with Crippen LogP contribution in [0.1, 0.15) is 15.9 Å². The minimum atomic E-state index is -0.501. The Hall–Kier alpha value is -2.89. The van der Waals surface area contributed by atoms with Crippen molar-refractivity contribution >= 4 is 12.0 Å². The van der Waals surface area contributed by atoms with E-state index in [1.54, 1.807) is 29.4 Å². The van der Waals surface area contributed by atoms with Gasteiger partial charge in [-0.2, -0.15) is 0 Å². The molecule has 0 bridgehead atoms. The van der Waals surface area contributed by atoms with E-state index in [0.29, 0.717) is 38.2 Å². The van der Waals surface area contributed by atoms with Crippen LogP contribution in [0.25, 0.3) is 0 Å². The molecule has 1 aromatic heterocycles. The lowest BCUT2D eigenvalue weighted by Crippen LogP contribution is -2.63. The van der Waals surface area contributed by atoms with Crippen LogP contribution < -0.4 is 0 Å². The van der Waals surface area contributed by atoms with E-state index in [1.165, 1.54) is 0 Å². The van der Waals surface area contributed by atoms with Crippen molar-refractivity contribution in [2.75, 3.05) is 26.2 Å². The van der Waals surface area contributed by atoms with Crippen molar-refractivity contribution in [1.82, 2.24) is 14.8 Å². The summed E-state index contributed by atoms with van der Waals surface area (Å²) in [4.78, 5) is 32.5. The predicted octanol–water partition coefficient (Wildman–Crippen LogP) is 1.97. The van der Waals surface area contributed by atoms with Gasteiger partial charge in [-0.25, -0.2) is 4.79 Å². The van der Waals surface area contributed by atoms with E-state index in [2.05, 4.69) is 4.98 Å². The van der Waals surface area contributed by atoms with Crippen LogP contribution in [-0.2, 0) is 11.2 Å². The minimum absolute atomic E-state index is 0.0335. The van der Waals surface area contributed by atoms with Gasteiger partial charge in [-0.15, -0.1) is 0 Å². The topological polar surface area (TPSA) is 62.7 Å². The summed E-state index contributed by atoms with van der Waals surface area (Å²) < 4.78 is 5.35. The Morgan fingerprint density at radius 3 is 2.64 bits per heavy atom. The van der Waals surface area contributed by atoms with Crippen LogP contribution in [0, 0.1) is 0 Å². The van der Waals surface area contributed by atoms with Gasteiger partial charge >= 0.3 is 6.09 Å². The van der Waals surface area contributed by atoms with Gasteiger partial charge in [0.15, 0.2) is 0 Å². The Morgan fingerprint density at radius 1 is 1.12 bits per heavy atom. The molecule has 6 heteroatoms. The van der Waals surface area contributed by atoms with Gasteiger partial charge in [0.05, 0.1) is 0 Å². The minimum Gasteiger partial charge on any atom is -0.447 e. The molecule has 0 spiro atoms. The van der Waals surface area contributed by atoms with Gasteiger partial charge < -0.3 is 9.64 Å². The van der Waals surface area contributed by atoms with E-state index in [9.17, 15) is 9.59 Å². The number of ether oxygens (including phenoxy) is 1. The van der Waals surface area contributed by atoms with Gasteiger partial charge in [-0.3, -0.25) is 14.7 Å². The molecule has 2 aromatic rings. The molecule has 0 aliphatic carbocycles. The molecular formula is C19H19N3O3. The Balaban J connectivity index is 1.61. The number of carbonyl (C=O) groups excluding carboxylic acids is 2. The number of cyclic esters (lactones) is 1. The third-order valence-electron chi connectivity index (χ3n) is 4.93. The van der Waals surface area contributed by atoms with Crippen LogP contribution in [0.3, 0.4) is 0 Å². The number of nitrogens with zero attached hydrogens (tertiary/aromatic N) is 3. The van der Waals surface area contributed by atoms with Crippen molar-refractivity contribution in [2.45, 2.75) is 12.0 Å². The van der Waals surface area contributed by atoms with Gasteiger partial charge in [0.2, 0.25) is 0 Å². The number of piperazine rings is 1. The number of benzene rings is 1. The molecule has 128 valence electrons. The first kappa shape index (κ1) is 15.6. The molecule has 1 atom stereocenters. The SMILES string of the molecule is O=C(c1ccncc1)N1CCN2C(=O)OCC2(Cc2ccccc2)C1. The number of hydrogen-bond acceptors (Lipinski definition) is 4. The zero-order chi connectivity index (χ0) is 17.3. The summed E-state index contributed by atoms with van der Waals surface area (Å²) in [5.74, 6) is -0.0335. The van der Waals surface area contributed by atoms with Gasteiger partial charge in [-0.05, 0) is 17.7 Å². The fourth-order valence-corrected chi connectivity index (χ4v) is 3.69. The lowest BCUT2D eigenvalue weighted by molar-refractivity contribution is 0.0375. The van der Waals surface area contributed by atoms with Crippen LogP contribution in [0.4, 0.5) is 4.79 Å². The van der Waals surface area contributed by atoms with Crippen LogP contribution in [0.2, 0.25) is 0 Å². The number of amides is 2. The highest BCUT2D eigenvalue weighted by molar-refractivity contribution is 5.94. The maximum Gasteiger partial charge on any atom is 0.410 e. The Kier molecular flexibility index (Phi) is 3.87. The number of fused-ring (bicyclic) bond motifs is 1. The first-order valence-corrected chi connectivity index (χ1v) is 8.36. The molecule has 1 unspecified atom stereocenters. The molecule has 6 nitrogen and oxygen atoms in total. The average molecular weight is 337 g/mol. The van der Waals surface area contributed by atoms with Crippen molar-refractivity contribution in [3.05, 3.63) is 66.0 Å². The first-order valence-electron chi connectivity index (χ1n) is 8.36. The van der Waals surface area contributed by atoms with Crippen LogP contribution >= 0.6 is 0 Å². The fraction of sp³-hybridized carbons (Fsp3) is 0.316. The van der Waals surface area contributed by atoms with Crippen molar-refractivity contribution in [3.63, 3.8) is 0 Å². The molecule has 1 aromatic carbocycles. The van der Waals surface area contributed by atoms with Gasteiger partial charge in [0, 0.05) is 44.0 Å². The van der Waals surface area contributed by atoms with E-state index < -0.39 is 5.54 Å². The Labute approximate surface area is 146 Å². The lowest BCUT2D eigenvalue weighted by atomic mass is 9.88. The second-order valence-corrected chi connectivity index (χ2v) is 6.56. The van der Waals surface area contributed by atoms with Gasteiger partial charge in [0.25, 0.3) is 5.91 Å². The smallest absolute Gasteiger partial charge is 0.410 e. The van der Waals surface area contributed by atoms with Crippen LogP contribution in [-0.4, -0.2) is 58.6 Å². The molecule has 25 heavy (non-hydrogen) atoms. The summed E-state index contributed by atoms with van der Waals surface area (Å²) in [7, 11) is 0. The van der Waals surface area contributed by atoms with Crippen LogP contribution in [0.15, 0.2) is 54.9 Å². The summed E-state index contributed by atoms with van der Waals surface area (Å²) >= 11 is 0. The van der Waals surface area contributed by atoms with Crippen LogP contribution in [0.5, 0.6) is 0 Å². The summed E-state index contributed by atoms with van der Waals surface area (Å²) in [6.07, 6.45) is 3.61. The zero-order valence-corrected chi connectivity index (χ0v) is 13.8. The molecule has 2 amide bonds. The number of carbonyl (C=O) groups is 2. The molecule has 3 heterocycles. The molecule has 4 rings (SSSR count). The third-order valence-corrected chi connectivity index (χ3v) is 4.93. The second-order valence-electron chi connectivity index (χ2n) is 6.56. The maximum absolute atomic E-state index is 12.8. The number of aromatic nitrogens is 1. The Morgan fingerprint density at radius 2 is 1.88 bits per heavy atom. The highest BCUT2D eigenvalue weighted by Gasteiger charge is 2.51. The number of hydrogen-bond donors (Lipinski definition) is 0. The highest BCUT2D eigenvalue weighted by Crippen LogP contribution is 2.32. The van der Waals surface area contributed by atoms with E-state index in [1.807, 2.05) is 35.2 Å². The maximum atomic E-state index is 12.8. The normalized spacial score (nSPS) is 22.5. The predicted molar refractivity (Wildman–Crippen MR) is 91.1 cm³/mol. The van der Waals surface area contributed by atoms with Crippen molar-refractivity contribution < 1.29 is 14.3 Å². The van der Waals surface area contributed by atoms with E-state index >= 15 is 0 Å². The largest absolute Gasteiger partial charge is 0.447 e. The van der Waals surface area contributed by atoms with E-state index in [-0.39, 0.29) is 12.0 Å². The quantitative estimate of drug-likeness (QED) is 0.859. The molecule has 0 N–H and O–H groups in total. The number of pyridine rings is 1. The highest BCUT2D eigenvalue weighted by atomic mass is 16.6. The molecule has 2 fully saturated rings. The molecule has 0 saturated carbocycles. The van der Waals surface area contributed by atoms with Crippen molar-refractivity contribution in [2.24, 2.45) is 0 Å². The second kappa shape index (κ2) is 6.20.